The summed E-state index contributed by atoms with van der Waals surface area (Å²) in [7, 11) is -3.05. The van der Waals surface area contributed by atoms with Gasteiger partial charge in [-0.25, -0.2) is 17.8 Å². The molecular formula is C17H21FN2O3S2. The molecule has 0 N–H and O–H groups in total. The van der Waals surface area contributed by atoms with Crippen LogP contribution in [0.1, 0.15) is 23.5 Å². The van der Waals surface area contributed by atoms with E-state index in [4.69, 9.17) is 4.74 Å². The maximum absolute atomic E-state index is 13.2. The summed E-state index contributed by atoms with van der Waals surface area (Å²) in [6.07, 6.45) is 3.06. The van der Waals surface area contributed by atoms with Crippen LogP contribution in [0.3, 0.4) is 0 Å². The SMILES string of the molecule is CS(=O)(=O)Cc1nc(CN2CCC(Oc3cccc(F)c3)CC2)cs1. The molecule has 0 saturated carbocycles. The van der Waals surface area contributed by atoms with E-state index in [1.165, 1.54) is 29.7 Å². The molecule has 1 aliphatic rings. The molecule has 0 bridgehead atoms. The number of hydrogen-bond donors (Lipinski definition) is 0. The van der Waals surface area contributed by atoms with Crippen molar-refractivity contribution in [2.24, 2.45) is 0 Å². The van der Waals surface area contributed by atoms with E-state index >= 15 is 0 Å². The second kappa shape index (κ2) is 7.80. The van der Waals surface area contributed by atoms with Gasteiger partial charge >= 0.3 is 0 Å². The van der Waals surface area contributed by atoms with Crippen LogP contribution in [0.2, 0.25) is 0 Å². The molecule has 0 radical (unpaired) electrons. The number of ether oxygens (including phenoxy) is 1. The number of piperidine rings is 1. The Morgan fingerprint density at radius 3 is 2.80 bits per heavy atom. The van der Waals surface area contributed by atoms with Gasteiger partial charge < -0.3 is 4.74 Å². The molecule has 0 spiro atoms. The summed E-state index contributed by atoms with van der Waals surface area (Å²) in [5.41, 5.74) is 0.910. The zero-order valence-corrected chi connectivity index (χ0v) is 15.7. The molecule has 0 unspecified atom stereocenters. The molecule has 1 aromatic heterocycles. The third kappa shape index (κ3) is 5.76. The average Bonchev–Trinajstić information content (AvgIpc) is 2.94. The van der Waals surface area contributed by atoms with Gasteiger partial charge in [0.2, 0.25) is 0 Å². The largest absolute Gasteiger partial charge is 0.490 e. The van der Waals surface area contributed by atoms with E-state index in [2.05, 4.69) is 9.88 Å². The van der Waals surface area contributed by atoms with Gasteiger partial charge in [-0.3, -0.25) is 4.90 Å². The van der Waals surface area contributed by atoms with Crippen LogP contribution in [0.4, 0.5) is 4.39 Å². The van der Waals surface area contributed by atoms with Crippen molar-refractivity contribution >= 4 is 21.2 Å². The first-order valence-electron chi connectivity index (χ1n) is 8.13. The van der Waals surface area contributed by atoms with Gasteiger partial charge in [-0.2, -0.15) is 0 Å². The van der Waals surface area contributed by atoms with E-state index in [1.807, 2.05) is 5.38 Å². The smallest absolute Gasteiger partial charge is 0.153 e. The van der Waals surface area contributed by atoms with Crippen LogP contribution in [-0.4, -0.2) is 43.8 Å². The number of thiazole rings is 1. The fraction of sp³-hybridized carbons (Fsp3) is 0.471. The molecule has 1 saturated heterocycles. The molecule has 2 aromatic rings. The maximum atomic E-state index is 13.2. The number of rotatable bonds is 6. The van der Waals surface area contributed by atoms with E-state index in [0.717, 1.165) is 31.6 Å². The summed E-state index contributed by atoms with van der Waals surface area (Å²) < 4.78 is 41.7. The van der Waals surface area contributed by atoms with E-state index < -0.39 is 9.84 Å². The second-order valence-corrected chi connectivity index (χ2v) is 9.44. The molecule has 1 fully saturated rings. The Morgan fingerprint density at radius 1 is 1.36 bits per heavy atom. The Kier molecular flexibility index (Phi) is 5.71. The molecule has 25 heavy (non-hydrogen) atoms. The number of sulfone groups is 1. The van der Waals surface area contributed by atoms with Crippen LogP contribution in [0.5, 0.6) is 5.75 Å². The van der Waals surface area contributed by atoms with E-state index in [9.17, 15) is 12.8 Å². The number of likely N-dealkylation sites (tertiary alicyclic amines) is 1. The molecule has 0 atom stereocenters. The number of benzene rings is 1. The summed E-state index contributed by atoms with van der Waals surface area (Å²) in [4.78, 5) is 6.69. The predicted octanol–water partition coefficient (Wildman–Crippen LogP) is 2.87. The van der Waals surface area contributed by atoms with Crippen LogP contribution in [0, 0.1) is 5.82 Å². The van der Waals surface area contributed by atoms with E-state index in [-0.39, 0.29) is 17.7 Å². The van der Waals surface area contributed by atoms with E-state index in [0.29, 0.717) is 17.3 Å². The number of nitrogens with zero attached hydrogens (tertiary/aromatic N) is 2. The highest BCUT2D eigenvalue weighted by Crippen LogP contribution is 2.21. The van der Waals surface area contributed by atoms with Gasteiger partial charge in [0.15, 0.2) is 9.84 Å². The van der Waals surface area contributed by atoms with Gasteiger partial charge in [-0.1, -0.05) is 6.07 Å². The lowest BCUT2D eigenvalue weighted by molar-refractivity contribution is 0.0959. The quantitative estimate of drug-likeness (QED) is 0.766. The van der Waals surface area contributed by atoms with Crippen LogP contribution in [0.15, 0.2) is 29.6 Å². The van der Waals surface area contributed by atoms with Crippen LogP contribution >= 0.6 is 11.3 Å². The van der Waals surface area contributed by atoms with Crippen molar-refractivity contribution in [3.05, 3.63) is 46.2 Å². The van der Waals surface area contributed by atoms with Crippen LogP contribution in [0.25, 0.3) is 0 Å². The predicted molar refractivity (Wildman–Crippen MR) is 96.0 cm³/mol. The number of aromatic nitrogens is 1. The minimum absolute atomic E-state index is 0.00121. The van der Waals surface area contributed by atoms with Gasteiger partial charge in [0.1, 0.15) is 28.4 Å². The monoisotopic (exact) mass is 384 g/mol. The first-order chi connectivity index (χ1) is 11.9. The third-order valence-corrected chi connectivity index (χ3v) is 5.88. The van der Waals surface area contributed by atoms with Crippen LogP contribution < -0.4 is 4.74 Å². The van der Waals surface area contributed by atoms with Gasteiger partial charge in [0.25, 0.3) is 0 Å². The Morgan fingerprint density at radius 2 is 2.12 bits per heavy atom. The minimum Gasteiger partial charge on any atom is -0.490 e. The Bertz CT molecular complexity index is 815. The highest BCUT2D eigenvalue weighted by atomic mass is 32.2. The molecule has 0 aliphatic carbocycles. The van der Waals surface area contributed by atoms with Gasteiger partial charge in [0.05, 0.1) is 5.69 Å². The average molecular weight is 384 g/mol. The highest BCUT2D eigenvalue weighted by Gasteiger charge is 2.21. The molecule has 136 valence electrons. The summed E-state index contributed by atoms with van der Waals surface area (Å²) in [6, 6.07) is 6.23. The van der Waals surface area contributed by atoms with Crippen molar-refractivity contribution in [1.82, 2.24) is 9.88 Å². The molecule has 5 nitrogen and oxygen atoms in total. The molecule has 2 heterocycles. The molecular weight excluding hydrogens is 363 g/mol. The molecule has 8 heteroatoms. The fourth-order valence-electron chi connectivity index (χ4n) is 2.86. The minimum atomic E-state index is -3.05. The first-order valence-corrected chi connectivity index (χ1v) is 11.1. The summed E-state index contributed by atoms with van der Waals surface area (Å²) in [6.45, 7) is 2.46. The van der Waals surface area contributed by atoms with Crippen molar-refractivity contribution in [2.45, 2.75) is 31.2 Å². The van der Waals surface area contributed by atoms with Gasteiger partial charge in [-0.05, 0) is 25.0 Å². The van der Waals surface area contributed by atoms with Crippen molar-refractivity contribution in [3.8, 4) is 5.75 Å². The van der Waals surface area contributed by atoms with Crippen molar-refractivity contribution in [3.63, 3.8) is 0 Å². The zero-order valence-electron chi connectivity index (χ0n) is 14.0. The Hall–Kier alpha value is -1.51. The number of hydrogen-bond acceptors (Lipinski definition) is 6. The summed E-state index contributed by atoms with van der Waals surface area (Å²) in [5.74, 6) is 0.285. The fourth-order valence-corrected chi connectivity index (χ4v) is 4.86. The Labute approximate surface area is 151 Å². The third-order valence-electron chi connectivity index (χ3n) is 4.00. The summed E-state index contributed by atoms with van der Waals surface area (Å²) >= 11 is 1.39. The maximum Gasteiger partial charge on any atom is 0.153 e. The van der Waals surface area contributed by atoms with Crippen molar-refractivity contribution < 1.29 is 17.5 Å². The normalized spacial score (nSPS) is 16.9. The van der Waals surface area contributed by atoms with Crippen molar-refractivity contribution in [1.29, 1.82) is 0 Å². The lowest BCUT2D eigenvalue weighted by Gasteiger charge is -2.31. The van der Waals surface area contributed by atoms with Crippen molar-refractivity contribution in [2.75, 3.05) is 19.3 Å². The molecule has 1 aliphatic heterocycles. The van der Waals surface area contributed by atoms with Gasteiger partial charge in [-0.15, -0.1) is 11.3 Å². The lowest BCUT2D eigenvalue weighted by atomic mass is 10.1. The highest BCUT2D eigenvalue weighted by molar-refractivity contribution is 7.90. The molecule has 3 rings (SSSR count). The second-order valence-electron chi connectivity index (χ2n) is 6.35. The number of halogens is 1. The first kappa shape index (κ1) is 18.3. The standard InChI is InChI=1S/C17H21FN2O3S2/c1-25(21,22)12-17-19-14(11-24-17)10-20-7-5-15(6-8-20)23-16-4-2-3-13(18)9-16/h2-4,9,11,15H,5-8,10,12H2,1H3. The lowest BCUT2D eigenvalue weighted by Crippen LogP contribution is -2.37. The molecule has 0 amide bonds. The van der Waals surface area contributed by atoms with Gasteiger partial charge in [0, 0.05) is 37.3 Å². The summed E-state index contributed by atoms with van der Waals surface area (Å²) in [5, 5.41) is 2.57. The molecule has 1 aromatic carbocycles. The Balaban J connectivity index is 1.48. The topological polar surface area (TPSA) is 59.5 Å². The van der Waals surface area contributed by atoms with Crippen LogP contribution in [-0.2, 0) is 22.1 Å². The zero-order chi connectivity index (χ0) is 17.9. The van der Waals surface area contributed by atoms with E-state index in [1.54, 1.807) is 12.1 Å².